The van der Waals surface area contributed by atoms with E-state index in [4.69, 9.17) is 11.5 Å². The first-order chi connectivity index (χ1) is 9.47. The molecule has 4 N–H and O–H groups in total. The molecule has 0 aliphatic rings. The molecule has 4 heteroatoms. The topological polar surface area (TPSA) is 72.3 Å². The first-order valence-electron chi connectivity index (χ1n) is 6.43. The number of nitrogens with zero attached hydrogens (tertiary/aromatic N) is 1. The molecule has 2 aromatic carbocycles. The Kier molecular flexibility index (Phi) is 3.94. The molecule has 0 heterocycles. The van der Waals surface area contributed by atoms with E-state index < -0.39 is 0 Å². The predicted octanol–water partition coefficient (Wildman–Crippen LogP) is 2.43. The number of carbonyl (C=O) groups excluding carboxylic acids is 1. The number of anilines is 2. The average Bonchev–Trinajstić information content (AvgIpc) is 2.40. The van der Waals surface area contributed by atoms with Crippen molar-refractivity contribution in [2.45, 2.75) is 13.5 Å². The van der Waals surface area contributed by atoms with E-state index in [1.54, 1.807) is 30.1 Å². The van der Waals surface area contributed by atoms with Crippen molar-refractivity contribution in [3.63, 3.8) is 0 Å². The fourth-order valence-corrected chi connectivity index (χ4v) is 2.02. The van der Waals surface area contributed by atoms with Crippen molar-refractivity contribution in [1.29, 1.82) is 0 Å². The summed E-state index contributed by atoms with van der Waals surface area (Å²) in [5, 5.41) is 0. The highest BCUT2D eigenvalue weighted by molar-refractivity contribution is 5.99. The van der Waals surface area contributed by atoms with Gasteiger partial charge in [-0.15, -0.1) is 0 Å². The highest BCUT2D eigenvalue weighted by Crippen LogP contribution is 2.18. The lowest BCUT2D eigenvalue weighted by Gasteiger charge is -2.18. The Hall–Kier alpha value is -2.49. The van der Waals surface area contributed by atoms with Crippen molar-refractivity contribution in [1.82, 2.24) is 4.90 Å². The van der Waals surface area contributed by atoms with Crippen molar-refractivity contribution in [2.24, 2.45) is 0 Å². The first-order valence-corrected chi connectivity index (χ1v) is 6.43. The zero-order valence-electron chi connectivity index (χ0n) is 11.8. The molecule has 0 radical (unpaired) electrons. The minimum atomic E-state index is -0.108. The van der Waals surface area contributed by atoms with E-state index in [9.17, 15) is 4.79 Å². The first kappa shape index (κ1) is 13.9. The number of nitrogens with two attached hydrogens (primary N) is 2. The molecule has 0 atom stereocenters. The minimum Gasteiger partial charge on any atom is -0.399 e. The minimum absolute atomic E-state index is 0.108. The van der Waals surface area contributed by atoms with Crippen LogP contribution in [0.3, 0.4) is 0 Å². The zero-order valence-corrected chi connectivity index (χ0v) is 11.8. The van der Waals surface area contributed by atoms with Gasteiger partial charge in [0.05, 0.1) is 5.56 Å². The summed E-state index contributed by atoms with van der Waals surface area (Å²) < 4.78 is 0. The summed E-state index contributed by atoms with van der Waals surface area (Å²) >= 11 is 0. The Morgan fingerprint density at radius 2 is 1.75 bits per heavy atom. The second-order valence-corrected chi connectivity index (χ2v) is 4.99. The Morgan fingerprint density at radius 1 is 1.10 bits per heavy atom. The van der Waals surface area contributed by atoms with E-state index in [-0.39, 0.29) is 5.91 Å². The summed E-state index contributed by atoms with van der Waals surface area (Å²) in [6.07, 6.45) is 0. The van der Waals surface area contributed by atoms with Gasteiger partial charge >= 0.3 is 0 Å². The molecule has 2 aromatic rings. The molecule has 4 nitrogen and oxygen atoms in total. The third kappa shape index (κ3) is 3.09. The van der Waals surface area contributed by atoms with E-state index in [1.807, 2.05) is 31.2 Å². The molecule has 0 aliphatic carbocycles. The van der Waals surface area contributed by atoms with Gasteiger partial charge in [-0.3, -0.25) is 4.79 Å². The van der Waals surface area contributed by atoms with Gasteiger partial charge in [-0.05, 0) is 30.7 Å². The van der Waals surface area contributed by atoms with Crippen LogP contribution >= 0.6 is 0 Å². The lowest BCUT2D eigenvalue weighted by molar-refractivity contribution is 0.0786. The Bertz CT molecular complexity index is 620. The number of aryl methyl sites for hydroxylation is 1. The molecular formula is C16H19N3O. The summed E-state index contributed by atoms with van der Waals surface area (Å²) in [5.74, 6) is -0.108. The van der Waals surface area contributed by atoms with Crippen LogP contribution in [0, 0.1) is 6.92 Å². The van der Waals surface area contributed by atoms with Crippen LogP contribution in [0.2, 0.25) is 0 Å². The maximum atomic E-state index is 12.4. The molecule has 1 amide bonds. The van der Waals surface area contributed by atoms with E-state index in [0.29, 0.717) is 23.5 Å². The van der Waals surface area contributed by atoms with Crippen LogP contribution in [0.1, 0.15) is 21.5 Å². The van der Waals surface area contributed by atoms with E-state index in [2.05, 4.69) is 0 Å². The zero-order chi connectivity index (χ0) is 14.7. The summed E-state index contributed by atoms with van der Waals surface area (Å²) in [6, 6.07) is 13.1. The Morgan fingerprint density at radius 3 is 2.35 bits per heavy atom. The maximum absolute atomic E-state index is 12.4. The average molecular weight is 269 g/mol. The molecule has 0 aromatic heterocycles. The van der Waals surface area contributed by atoms with Crippen molar-refractivity contribution < 1.29 is 4.79 Å². The van der Waals surface area contributed by atoms with E-state index in [0.717, 1.165) is 5.56 Å². The fourth-order valence-electron chi connectivity index (χ4n) is 2.02. The molecule has 0 aliphatic heterocycles. The monoisotopic (exact) mass is 269 g/mol. The molecule has 0 unspecified atom stereocenters. The quantitative estimate of drug-likeness (QED) is 0.841. The number of benzene rings is 2. The smallest absolute Gasteiger partial charge is 0.255 e. The van der Waals surface area contributed by atoms with Crippen molar-refractivity contribution >= 4 is 17.3 Å². The molecule has 0 saturated heterocycles. The largest absolute Gasteiger partial charge is 0.399 e. The number of amides is 1. The molecule has 2 rings (SSSR count). The van der Waals surface area contributed by atoms with Crippen LogP contribution in [0.15, 0.2) is 42.5 Å². The van der Waals surface area contributed by atoms with Crippen molar-refractivity contribution in [3.05, 3.63) is 59.2 Å². The second kappa shape index (κ2) is 5.65. The second-order valence-electron chi connectivity index (χ2n) is 4.99. The predicted molar refractivity (Wildman–Crippen MR) is 82.2 cm³/mol. The molecule has 0 fully saturated rings. The lowest BCUT2D eigenvalue weighted by Crippen LogP contribution is -2.27. The summed E-state index contributed by atoms with van der Waals surface area (Å²) in [7, 11) is 1.76. The maximum Gasteiger partial charge on any atom is 0.255 e. The number of hydrogen-bond acceptors (Lipinski definition) is 3. The van der Waals surface area contributed by atoms with Gasteiger partial charge in [0.2, 0.25) is 0 Å². The Labute approximate surface area is 119 Å². The van der Waals surface area contributed by atoms with Crippen LogP contribution in [0.4, 0.5) is 11.4 Å². The summed E-state index contributed by atoms with van der Waals surface area (Å²) in [4.78, 5) is 14.0. The molecule has 0 saturated carbocycles. The number of hydrogen-bond donors (Lipinski definition) is 2. The molecule has 0 bridgehead atoms. The van der Waals surface area contributed by atoms with Gasteiger partial charge in [-0.25, -0.2) is 0 Å². The van der Waals surface area contributed by atoms with Crippen LogP contribution in [0.5, 0.6) is 0 Å². The normalized spacial score (nSPS) is 10.3. The molecule has 0 spiro atoms. The SMILES string of the molecule is Cc1ccc(CN(C)C(=O)c2ccc(N)cc2N)cc1. The standard InChI is InChI=1S/C16H19N3O/c1-11-3-5-12(6-4-11)10-19(2)16(20)14-8-7-13(17)9-15(14)18/h3-9H,10,17-18H2,1-2H3. The highest BCUT2D eigenvalue weighted by Gasteiger charge is 2.14. The van der Waals surface area contributed by atoms with E-state index in [1.165, 1.54) is 5.56 Å². The number of carbonyl (C=O) groups is 1. The lowest BCUT2D eigenvalue weighted by atomic mass is 10.1. The van der Waals surface area contributed by atoms with Gasteiger partial charge in [-0.1, -0.05) is 29.8 Å². The summed E-state index contributed by atoms with van der Waals surface area (Å²) in [6.45, 7) is 2.58. The van der Waals surface area contributed by atoms with Gasteiger partial charge in [0, 0.05) is 25.0 Å². The molecular weight excluding hydrogens is 250 g/mol. The Balaban J connectivity index is 2.14. The van der Waals surface area contributed by atoms with Gasteiger partial charge in [0.15, 0.2) is 0 Å². The van der Waals surface area contributed by atoms with E-state index >= 15 is 0 Å². The van der Waals surface area contributed by atoms with Crippen LogP contribution in [-0.2, 0) is 6.54 Å². The highest BCUT2D eigenvalue weighted by atomic mass is 16.2. The van der Waals surface area contributed by atoms with Crippen LogP contribution in [0.25, 0.3) is 0 Å². The summed E-state index contributed by atoms with van der Waals surface area (Å²) in [5.41, 5.74) is 15.2. The van der Waals surface area contributed by atoms with Crippen LogP contribution < -0.4 is 11.5 Å². The molecule has 104 valence electrons. The van der Waals surface area contributed by atoms with Gasteiger partial charge < -0.3 is 16.4 Å². The van der Waals surface area contributed by atoms with Crippen molar-refractivity contribution in [2.75, 3.05) is 18.5 Å². The molecule has 20 heavy (non-hydrogen) atoms. The van der Waals surface area contributed by atoms with Crippen molar-refractivity contribution in [3.8, 4) is 0 Å². The third-order valence-corrected chi connectivity index (χ3v) is 3.19. The number of nitrogen functional groups attached to an aromatic ring is 2. The van der Waals surface area contributed by atoms with Gasteiger partial charge in [0.25, 0.3) is 5.91 Å². The van der Waals surface area contributed by atoms with Gasteiger partial charge in [-0.2, -0.15) is 0 Å². The van der Waals surface area contributed by atoms with Crippen LogP contribution in [-0.4, -0.2) is 17.9 Å². The van der Waals surface area contributed by atoms with Gasteiger partial charge in [0.1, 0.15) is 0 Å². The third-order valence-electron chi connectivity index (χ3n) is 3.19. The number of rotatable bonds is 3. The fraction of sp³-hybridized carbons (Fsp3) is 0.188.